The number of unbranched alkanes of at least 4 members (excludes halogenated alkanes) is 1. The first kappa shape index (κ1) is 16.4. The minimum Gasteiger partial charge on any atom is -0.366 e. The zero-order valence-corrected chi connectivity index (χ0v) is 14.1. The summed E-state index contributed by atoms with van der Waals surface area (Å²) in [6, 6.07) is 10.5. The molecule has 0 radical (unpaired) electrons. The third-order valence-corrected chi connectivity index (χ3v) is 5.11. The summed E-state index contributed by atoms with van der Waals surface area (Å²) in [5.74, 6) is 0.198. The minimum atomic E-state index is -3.50. The van der Waals surface area contributed by atoms with Crippen LogP contribution in [0, 0.1) is 0 Å². The van der Waals surface area contributed by atoms with Crippen molar-refractivity contribution in [1.82, 2.24) is 19.3 Å². The van der Waals surface area contributed by atoms with Gasteiger partial charge in [-0.25, -0.2) is 17.7 Å². The predicted octanol–water partition coefficient (Wildman–Crippen LogP) is 2.06. The zero-order valence-electron chi connectivity index (χ0n) is 13.3. The van der Waals surface area contributed by atoms with Gasteiger partial charge in [0.25, 0.3) is 0 Å². The Morgan fingerprint density at radius 2 is 2.00 bits per heavy atom. The molecule has 0 unspecified atom stereocenters. The standard InChI is InChI=1S/C16H19N5O2S/c1-2-3-8-18-24(22,23)14-6-4-5-12(10-14)13-7-9-21-15(11-13)19-16(17)20-21/h4-7,9-11,18H,2-3,8H2,1H3,(H2,17,20). The Balaban J connectivity index is 1.94. The molecule has 0 aliphatic heterocycles. The van der Waals surface area contributed by atoms with Crippen molar-refractivity contribution in [2.45, 2.75) is 24.7 Å². The Morgan fingerprint density at radius 3 is 2.79 bits per heavy atom. The van der Waals surface area contributed by atoms with E-state index < -0.39 is 10.0 Å². The van der Waals surface area contributed by atoms with E-state index in [4.69, 9.17) is 5.73 Å². The van der Waals surface area contributed by atoms with Crippen molar-refractivity contribution in [1.29, 1.82) is 0 Å². The van der Waals surface area contributed by atoms with Crippen molar-refractivity contribution in [2.75, 3.05) is 12.3 Å². The van der Waals surface area contributed by atoms with Crippen molar-refractivity contribution >= 4 is 21.6 Å². The number of anilines is 1. The molecule has 0 bridgehead atoms. The van der Waals surface area contributed by atoms with Gasteiger partial charge in [0.05, 0.1) is 4.90 Å². The van der Waals surface area contributed by atoms with Gasteiger partial charge in [-0.1, -0.05) is 25.5 Å². The second kappa shape index (κ2) is 6.58. The number of rotatable bonds is 6. The predicted molar refractivity (Wildman–Crippen MR) is 92.9 cm³/mol. The fourth-order valence-electron chi connectivity index (χ4n) is 2.39. The van der Waals surface area contributed by atoms with Gasteiger partial charge in [0.1, 0.15) is 0 Å². The lowest BCUT2D eigenvalue weighted by molar-refractivity contribution is 0.578. The average molecular weight is 345 g/mol. The van der Waals surface area contributed by atoms with Gasteiger partial charge in [0.15, 0.2) is 5.65 Å². The highest BCUT2D eigenvalue weighted by molar-refractivity contribution is 7.89. The molecule has 24 heavy (non-hydrogen) atoms. The van der Waals surface area contributed by atoms with Crippen molar-refractivity contribution in [3.63, 3.8) is 0 Å². The summed E-state index contributed by atoms with van der Waals surface area (Å²) in [5.41, 5.74) is 7.84. The van der Waals surface area contributed by atoms with E-state index in [0.29, 0.717) is 12.2 Å². The molecule has 1 aromatic carbocycles. The third kappa shape index (κ3) is 3.39. The molecule has 7 nitrogen and oxygen atoms in total. The number of hydrogen-bond acceptors (Lipinski definition) is 5. The first-order valence-electron chi connectivity index (χ1n) is 7.71. The largest absolute Gasteiger partial charge is 0.366 e. The van der Waals surface area contributed by atoms with E-state index in [-0.39, 0.29) is 10.8 Å². The van der Waals surface area contributed by atoms with Gasteiger partial charge in [0, 0.05) is 12.7 Å². The van der Waals surface area contributed by atoms with Crippen molar-refractivity contribution in [3.8, 4) is 11.1 Å². The summed E-state index contributed by atoms with van der Waals surface area (Å²) in [6.07, 6.45) is 3.49. The zero-order chi connectivity index (χ0) is 17.2. The monoisotopic (exact) mass is 345 g/mol. The maximum absolute atomic E-state index is 12.4. The van der Waals surface area contributed by atoms with Gasteiger partial charge >= 0.3 is 0 Å². The number of hydrogen-bond donors (Lipinski definition) is 2. The third-order valence-electron chi connectivity index (χ3n) is 3.65. The van der Waals surface area contributed by atoms with Crippen LogP contribution >= 0.6 is 0 Å². The number of nitrogen functional groups attached to an aromatic ring is 1. The van der Waals surface area contributed by atoms with Crippen LogP contribution in [0.5, 0.6) is 0 Å². The Hall–Kier alpha value is -2.45. The van der Waals surface area contributed by atoms with Gasteiger partial charge in [-0.2, -0.15) is 4.98 Å². The van der Waals surface area contributed by atoms with Crippen LogP contribution in [0.15, 0.2) is 47.5 Å². The summed E-state index contributed by atoms with van der Waals surface area (Å²) < 4.78 is 28.9. The Morgan fingerprint density at radius 1 is 1.21 bits per heavy atom. The number of nitrogens with two attached hydrogens (primary N) is 1. The summed E-state index contributed by atoms with van der Waals surface area (Å²) in [4.78, 5) is 4.37. The van der Waals surface area contributed by atoms with E-state index in [1.807, 2.05) is 25.1 Å². The molecule has 8 heteroatoms. The summed E-state index contributed by atoms with van der Waals surface area (Å²) in [6.45, 7) is 2.45. The lowest BCUT2D eigenvalue weighted by Crippen LogP contribution is -2.24. The molecule has 0 saturated carbocycles. The number of benzene rings is 1. The van der Waals surface area contributed by atoms with E-state index in [0.717, 1.165) is 24.0 Å². The van der Waals surface area contributed by atoms with Crippen LogP contribution < -0.4 is 10.5 Å². The molecule has 2 aromatic heterocycles. The maximum atomic E-state index is 12.4. The molecule has 0 atom stereocenters. The molecule has 3 rings (SSSR count). The topological polar surface area (TPSA) is 102 Å². The molecule has 0 aliphatic carbocycles. The van der Waals surface area contributed by atoms with Gasteiger partial charge in [0.2, 0.25) is 16.0 Å². The molecule has 126 valence electrons. The summed E-state index contributed by atoms with van der Waals surface area (Å²) >= 11 is 0. The Kier molecular flexibility index (Phi) is 4.50. The van der Waals surface area contributed by atoms with Crippen LogP contribution in [0.25, 0.3) is 16.8 Å². The van der Waals surface area contributed by atoms with E-state index >= 15 is 0 Å². The van der Waals surface area contributed by atoms with Crippen LogP contribution in [0.1, 0.15) is 19.8 Å². The second-order valence-corrected chi connectivity index (χ2v) is 7.23. The number of sulfonamides is 1. The SMILES string of the molecule is CCCCNS(=O)(=O)c1cccc(-c2ccn3nc(N)nc3c2)c1. The molecule has 0 aliphatic rings. The highest BCUT2D eigenvalue weighted by atomic mass is 32.2. The van der Waals surface area contributed by atoms with Crippen LogP contribution in [0.4, 0.5) is 5.95 Å². The maximum Gasteiger partial charge on any atom is 0.240 e. The van der Waals surface area contributed by atoms with Gasteiger partial charge in [-0.05, 0) is 41.8 Å². The molecule has 3 aromatic rings. The number of pyridine rings is 1. The van der Waals surface area contributed by atoms with Gasteiger partial charge < -0.3 is 5.73 Å². The van der Waals surface area contributed by atoms with Crippen molar-refractivity contribution < 1.29 is 8.42 Å². The fraction of sp³-hybridized carbons (Fsp3) is 0.250. The van der Waals surface area contributed by atoms with Crippen molar-refractivity contribution in [3.05, 3.63) is 42.6 Å². The van der Waals surface area contributed by atoms with E-state index in [9.17, 15) is 8.42 Å². The molecule has 0 fully saturated rings. The fourth-order valence-corrected chi connectivity index (χ4v) is 3.51. The molecular formula is C16H19N5O2S. The molecule has 0 spiro atoms. The van der Waals surface area contributed by atoms with Crippen molar-refractivity contribution in [2.24, 2.45) is 0 Å². The highest BCUT2D eigenvalue weighted by Crippen LogP contribution is 2.23. The van der Waals surface area contributed by atoms with Crippen LogP contribution in [0.2, 0.25) is 0 Å². The molecule has 0 amide bonds. The van der Waals surface area contributed by atoms with E-state index in [2.05, 4.69) is 14.8 Å². The quantitative estimate of drug-likeness (QED) is 0.666. The summed E-state index contributed by atoms with van der Waals surface area (Å²) in [5, 5.41) is 4.02. The number of nitrogens with zero attached hydrogens (tertiary/aromatic N) is 3. The average Bonchev–Trinajstić information content (AvgIpc) is 2.94. The number of fused-ring (bicyclic) bond motifs is 1. The van der Waals surface area contributed by atoms with Crippen LogP contribution in [-0.2, 0) is 10.0 Å². The molecule has 2 heterocycles. The molecule has 0 saturated heterocycles. The minimum absolute atomic E-state index is 0.198. The van der Waals surface area contributed by atoms with Crippen LogP contribution in [-0.4, -0.2) is 29.6 Å². The first-order chi connectivity index (χ1) is 11.5. The van der Waals surface area contributed by atoms with Gasteiger partial charge in [-0.15, -0.1) is 5.10 Å². The lowest BCUT2D eigenvalue weighted by Gasteiger charge is -2.08. The number of nitrogens with one attached hydrogen (secondary N) is 1. The van der Waals surface area contributed by atoms with Gasteiger partial charge in [-0.3, -0.25) is 0 Å². The normalized spacial score (nSPS) is 11.9. The molecular weight excluding hydrogens is 326 g/mol. The Labute approximate surface area is 140 Å². The smallest absolute Gasteiger partial charge is 0.240 e. The summed E-state index contributed by atoms with van der Waals surface area (Å²) in [7, 11) is -3.50. The van der Waals surface area contributed by atoms with E-state index in [1.54, 1.807) is 28.9 Å². The second-order valence-electron chi connectivity index (χ2n) is 5.47. The lowest BCUT2D eigenvalue weighted by atomic mass is 10.1. The highest BCUT2D eigenvalue weighted by Gasteiger charge is 2.14. The first-order valence-corrected chi connectivity index (χ1v) is 9.20. The number of aromatic nitrogens is 3. The Bertz CT molecular complexity index is 966. The van der Waals surface area contributed by atoms with E-state index in [1.165, 1.54) is 0 Å². The van der Waals surface area contributed by atoms with Crippen LogP contribution in [0.3, 0.4) is 0 Å². The molecule has 3 N–H and O–H groups in total.